The second-order valence-electron chi connectivity index (χ2n) is 3.89. The summed E-state index contributed by atoms with van der Waals surface area (Å²) in [5, 5.41) is 0. The average molecular weight is 215 g/mol. The van der Waals surface area contributed by atoms with E-state index in [4.69, 9.17) is 4.74 Å². The zero-order valence-electron chi connectivity index (χ0n) is 9.57. The molecule has 0 bridgehead atoms. The van der Waals surface area contributed by atoms with Crippen LogP contribution in [-0.4, -0.2) is 11.9 Å². The standard InChI is InChI=1S/C13H13NO2/c1-8-4-5-11(6-9(8)2)7-12-13(15)16-10(3)14-12/h4-7H,1-3H3/b12-7-. The van der Waals surface area contributed by atoms with E-state index in [2.05, 4.69) is 11.9 Å². The normalized spacial score (nSPS) is 17.6. The number of ether oxygens (including phenoxy) is 1. The first-order valence-corrected chi connectivity index (χ1v) is 5.12. The van der Waals surface area contributed by atoms with Gasteiger partial charge in [0.25, 0.3) is 0 Å². The highest BCUT2D eigenvalue weighted by Crippen LogP contribution is 2.17. The van der Waals surface area contributed by atoms with E-state index in [0.717, 1.165) is 5.56 Å². The van der Waals surface area contributed by atoms with Gasteiger partial charge < -0.3 is 4.74 Å². The molecule has 3 heteroatoms. The summed E-state index contributed by atoms with van der Waals surface area (Å²) in [6.45, 7) is 5.76. The molecule has 82 valence electrons. The highest BCUT2D eigenvalue weighted by atomic mass is 16.6. The molecule has 0 saturated heterocycles. The Kier molecular flexibility index (Phi) is 2.60. The van der Waals surface area contributed by atoms with Crippen molar-refractivity contribution in [1.82, 2.24) is 0 Å². The number of hydrogen-bond donors (Lipinski definition) is 0. The van der Waals surface area contributed by atoms with Crippen molar-refractivity contribution in [1.29, 1.82) is 0 Å². The van der Waals surface area contributed by atoms with Gasteiger partial charge in [-0.2, -0.15) is 0 Å². The summed E-state index contributed by atoms with van der Waals surface area (Å²) in [4.78, 5) is 15.4. The number of esters is 1. The molecule has 2 rings (SSSR count). The second-order valence-corrected chi connectivity index (χ2v) is 3.89. The van der Waals surface area contributed by atoms with Crippen LogP contribution in [0, 0.1) is 13.8 Å². The molecule has 0 spiro atoms. The van der Waals surface area contributed by atoms with Crippen LogP contribution in [0.3, 0.4) is 0 Å². The molecule has 0 radical (unpaired) electrons. The Balaban J connectivity index is 2.36. The molecule has 1 aromatic rings. The van der Waals surface area contributed by atoms with Gasteiger partial charge in [0.05, 0.1) is 0 Å². The van der Waals surface area contributed by atoms with E-state index >= 15 is 0 Å². The highest BCUT2D eigenvalue weighted by molar-refractivity contribution is 6.06. The van der Waals surface area contributed by atoms with Gasteiger partial charge >= 0.3 is 5.97 Å². The summed E-state index contributed by atoms with van der Waals surface area (Å²) >= 11 is 0. The van der Waals surface area contributed by atoms with E-state index in [1.807, 2.05) is 25.1 Å². The van der Waals surface area contributed by atoms with E-state index in [0.29, 0.717) is 11.6 Å². The van der Waals surface area contributed by atoms with Crippen molar-refractivity contribution < 1.29 is 9.53 Å². The number of rotatable bonds is 1. The van der Waals surface area contributed by atoms with Crippen molar-refractivity contribution in [2.75, 3.05) is 0 Å². The van der Waals surface area contributed by atoms with E-state index in [-0.39, 0.29) is 5.97 Å². The number of cyclic esters (lactones) is 1. The molecule has 0 atom stereocenters. The molecule has 0 amide bonds. The lowest BCUT2D eigenvalue weighted by Gasteiger charge is -2.00. The fraction of sp³-hybridized carbons (Fsp3) is 0.231. The van der Waals surface area contributed by atoms with Gasteiger partial charge in [0, 0.05) is 6.92 Å². The minimum Gasteiger partial charge on any atom is -0.407 e. The fourth-order valence-electron chi connectivity index (χ4n) is 1.53. The Morgan fingerprint density at radius 2 is 1.94 bits per heavy atom. The molecule has 0 saturated carbocycles. The fourth-order valence-corrected chi connectivity index (χ4v) is 1.53. The number of carbonyl (C=O) groups excluding carboxylic acids is 1. The summed E-state index contributed by atoms with van der Waals surface area (Å²) in [7, 11) is 0. The van der Waals surface area contributed by atoms with Crippen LogP contribution in [0.2, 0.25) is 0 Å². The van der Waals surface area contributed by atoms with Gasteiger partial charge in [0.2, 0.25) is 0 Å². The Bertz CT molecular complexity index is 513. The first-order valence-electron chi connectivity index (χ1n) is 5.12. The van der Waals surface area contributed by atoms with E-state index in [1.54, 1.807) is 13.0 Å². The molecule has 16 heavy (non-hydrogen) atoms. The van der Waals surface area contributed by atoms with E-state index in [9.17, 15) is 4.79 Å². The van der Waals surface area contributed by atoms with E-state index in [1.165, 1.54) is 11.1 Å². The van der Waals surface area contributed by atoms with Crippen molar-refractivity contribution in [2.24, 2.45) is 4.99 Å². The molecular weight excluding hydrogens is 202 g/mol. The molecule has 1 heterocycles. The lowest BCUT2D eigenvalue weighted by atomic mass is 10.1. The summed E-state index contributed by atoms with van der Waals surface area (Å²) in [5.74, 6) is 0.0239. The van der Waals surface area contributed by atoms with Crippen molar-refractivity contribution in [3.8, 4) is 0 Å². The van der Waals surface area contributed by atoms with Crippen LogP contribution in [0.5, 0.6) is 0 Å². The van der Waals surface area contributed by atoms with Gasteiger partial charge in [-0.1, -0.05) is 18.2 Å². The van der Waals surface area contributed by atoms with Gasteiger partial charge in [-0.25, -0.2) is 9.79 Å². The zero-order chi connectivity index (χ0) is 11.7. The van der Waals surface area contributed by atoms with Gasteiger partial charge in [0.1, 0.15) is 0 Å². The predicted molar refractivity (Wildman–Crippen MR) is 63.1 cm³/mol. The third-order valence-corrected chi connectivity index (χ3v) is 2.56. The van der Waals surface area contributed by atoms with Crippen LogP contribution in [0.25, 0.3) is 6.08 Å². The topological polar surface area (TPSA) is 38.7 Å². The van der Waals surface area contributed by atoms with Crippen LogP contribution in [0.15, 0.2) is 28.9 Å². The smallest absolute Gasteiger partial charge is 0.363 e. The SMILES string of the molecule is CC1=N/C(=C\c2ccc(C)c(C)c2)C(=O)O1. The highest BCUT2D eigenvalue weighted by Gasteiger charge is 2.19. The summed E-state index contributed by atoms with van der Waals surface area (Å²) in [5.41, 5.74) is 3.76. The molecule has 0 aliphatic carbocycles. The van der Waals surface area contributed by atoms with Crippen molar-refractivity contribution in [2.45, 2.75) is 20.8 Å². The number of aliphatic imine (C=N–C) groups is 1. The molecular formula is C13H13NO2. The molecule has 1 aromatic carbocycles. The lowest BCUT2D eigenvalue weighted by Crippen LogP contribution is -1.99. The maximum absolute atomic E-state index is 11.3. The third kappa shape index (κ3) is 2.03. The first-order chi connectivity index (χ1) is 7.56. The summed E-state index contributed by atoms with van der Waals surface area (Å²) in [6.07, 6.45) is 1.74. The largest absolute Gasteiger partial charge is 0.407 e. The van der Waals surface area contributed by atoms with E-state index < -0.39 is 0 Å². The minimum atomic E-state index is -0.379. The van der Waals surface area contributed by atoms with Crippen LogP contribution in [0.4, 0.5) is 0 Å². The molecule has 0 fully saturated rings. The second kappa shape index (κ2) is 3.93. The zero-order valence-corrected chi connectivity index (χ0v) is 9.57. The van der Waals surface area contributed by atoms with Gasteiger partial charge in [-0.3, -0.25) is 0 Å². The van der Waals surface area contributed by atoms with Crippen LogP contribution in [0.1, 0.15) is 23.6 Å². The Morgan fingerprint density at radius 3 is 2.50 bits per heavy atom. The third-order valence-electron chi connectivity index (χ3n) is 2.56. The number of nitrogens with zero attached hydrogens (tertiary/aromatic N) is 1. The predicted octanol–water partition coefficient (Wildman–Crippen LogP) is 2.62. The van der Waals surface area contributed by atoms with Crippen LogP contribution >= 0.6 is 0 Å². The Hall–Kier alpha value is -1.90. The molecule has 1 aliphatic heterocycles. The quantitative estimate of drug-likeness (QED) is 0.533. The summed E-state index contributed by atoms with van der Waals surface area (Å²) in [6, 6.07) is 6.02. The number of benzene rings is 1. The molecule has 0 N–H and O–H groups in total. The first kappa shape index (κ1) is 10.6. The molecule has 0 aromatic heterocycles. The molecule has 1 aliphatic rings. The number of aryl methyl sites for hydroxylation is 2. The average Bonchev–Trinajstić information content (AvgIpc) is 2.51. The maximum atomic E-state index is 11.3. The van der Waals surface area contributed by atoms with Gasteiger partial charge in [0.15, 0.2) is 11.6 Å². The van der Waals surface area contributed by atoms with Crippen molar-refractivity contribution in [3.63, 3.8) is 0 Å². The maximum Gasteiger partial charge on any atom is 0.363 e. The van der Waals surface area contributed by atoms with Crippen LogP contribution < -0.4 is 0 Å². The van der Waals surface area contributed by atoms with Gasteiger partial charge in [-0.15, -0.1) is 0 Å². The van der Waals surface area contributed by atoms with Gasteiger partial charge in [-0.05, 0) is 36.6 Å². The number of carbonyl (C=O) groups is 1. The minimum absolute atomic E-state index is 0.362. The Labute approximate surface area is 94.5 Å². The molecule has 0 unspecified atom stereocenters. The van der Waals surface area contributed by atoms with Crippen LogP contribution in [-0.2, 0) is 9.53 Å². The summed E-state index contributed by atoms with van der Waals surface area (Å²) < 4.78 is 4.84. The lowest BCUT2D eigenvalue weighted by molar-refractivity contribution is -0.130. The monoisotopic (exact) mass is 215 g/mol. The van der Waals surface area contributed by atoms with Crippen molar-refractivity contribution >= 4 is 17.9 Å². The Morgan fingerprint density at radius 1 is 1.19 bits per heavy atom. The molecule has 3 nitrogen and oxygen atoms in total. The number of hydrogen-bond acceptors (Lipinski definition) is 3. The van der Waals surface area contributed by atoms with Crippen molar-refractivity contribution in [3.05, 3.63) is 40.6 Å².